The lowest BCUT2D eigenvalue weighted by atomic mass is 10.1. The minimum absolute atomic E-state index is 0.0296. The highest BCUT2D eigenvalue weighted by Gasteiger charge is 2.14. The molecule has 0 amide bonds. The van der Waals surface area contributed by atoms with Crippen molar-refractivity contribution in [2.75, 3.05) is 6.61 Å². The van der Waals surface area contributed by atoms with Crippen molar-refractivity contribution in [3.8, 4) is 0 Å². The van der Waals surface area contributed by atoms with Crippen molar-refractivity contribution in [1.29, 1.82) is 0 Å². The van der Waals surface area contributed by atoms with Gasteiger partial charge < -0.3 is 9.84 Å². The summed E-state index contributed by atoms with van der Waals surface area (Å²) in [6.07, 6.45) is 2.75. The topological polar surface area (TPSA) is 29.5 Å². The quantitative estimate of drug-likeness (QED) is 0.597. The van der Waals surface area contributed by atoms with Gasteiger partial charge in [-0.05, 0) is 19.8 Å². The predicted molar refractivity (Wildman–Crippen MR) is 46.5 cm³/mol. The van der Waals surface area contributed by atoms with Crippen LogP contribution in [0.25, 0.3) is 0 Å². The summed E-state index contributed by atoms with van der Waals surface area (Å²) in [4.78, 5) is 0. The molecule has 0 saturated carbocycles. The fourth-order valence-electron chi connectivity index (χ4n) is 1.04. The van der Waals surface area contributed by atoms with E-state index < -0.39 is 6.10 Å². The van der Waals surface area contributed by atoms with Crippen LogP contribution in [0.4, 0.5) is 0 Å². The van der Waals surface area contributed by atoms with Crippen molar-refractivity contribution in [2.24, 2.45) is 0 Å². The first-order valence-electron chi connectivity index (χ1n) is 4.16. The highest BCUT2D eigenvalue weighted by atomic mass is 16.5. The Kier molecular flexibility index (Phi) is 6.18. The van der Waals surface area contributed by atoms with E-state index in [0.29, 0.717) is 13.0 Å². The molecule has 1 N–H and O–H groups in total. The Hall–Kier alpha value is -0.340. The maximum Gasteiger partial charge on any atom is 0.0835 e. The third kappa shape index (κ3) is 4.17. The molecule has 0 aromatic carbocycles. The standard InChI is InChI=1S/C9H18O2/c1-4-7-8(10)9(5-2)11-6-3/h4,8-10H,1,5-7H2,2-3H3. The Labute approximate surface area is 68.9 Å². The Morgan fingerprint density at radius 3 is 2.55 bits per heavy atom. The summed E-state index contributed by atoms with van der Waals surface area (Å²) in [6, 6.07) is 0. The summed E-state index contributed by atoms with van der Waals surface area (Å²) in [7, 11) is 0. The molecule has 0 aliphatic carbocycles. The lowest BCUT2D eigenvalue weighted by Crippen LogP contribution is -2.27. The molecule has 0 aliphatic heterocycles. The minimum atomic E-state index is -0.391. The van der Waals surface area contributed by atoms with E-state index in [1.165, 1.54) is 0 Å². The normalized spacial score (nSPS) is 15.9. The zero-order valence-electron chi connectivity index (χ0n) is 7.42. The molecule has 2 atom stereocenters. The molecule has 0 spiro atoms. The SMILES string of the molecule is C=CCC(O)C(CC)OCC. The van der Waals surface area contributed by atoms with Gasteiger partial charge in [0.15, 0.2) is 0 Å². The van der Waals surface area contributed by atoms with E-state index in [4.69, 9.17) is 4.74 Å². The molecule has 0 fully saturated rings. The smallest absolute Gasteiger partial charge is 0.0835 e. The van der Waals surface area contributed by atoms with E-state index >= 15 is 0 Å². The molecule has 0 heterocycles. The highest BCUT2D eigenvalue weighted by Crippen LogP contribution is 2.07. The van der Waals surface area contributed by atoms with Crippen molar-refractivity contribution in [2.45, 2.75) is 38.9 Å². The number of hydrogen-bond donors (Lipinski definition) is 1. The molecule has 66 valence electrons. The maximum absolute atomic E-state index is 9.44. The molecule has 0 aromatic heterocycles. The van der Waals surface area contributed by atoms with Gasteiger partial charge in [0.1, 0.15) is 0 Å². The summed E-state index contributed by atoms with van der Waals surface area (Å²) in [5.41, 5.74) is 0. The van der Waals surface area contributed by atoms with Gasteiger partial charge in [-0.25, -0.2) is 0 Å². The fraction of sp³-hybridized carbons (Fsp3) is 0.778. The van der Waals surface area contributed by atoms with Gasteiger partial charge in [-0.3, -0.25) is 0 Å². The van der Waals surface area contributed by atoms with Gasteiger partial charge in [-0.15, -0.1) is 6.58 Å². The van der Waals surface area contributed by atoms with Crippen LogP contribution in [-0.4, -0.2) is 23.9 Å². The Balaban J connectivity index is 3.70. The van der Waals surface area contributed by atoms with E-state index in [0.717, 1.165) is 6.42 Å². The van der Waals surface area contributed by atoms with Crippen LogP contribution in [0, 0.1) is 0 Å². The Morgan fingerprint density at radius 2 is 2.18 bits per heavy atom. The maximum atomic E-state index is 9.44. The first-order valence-corrected chi connectivity index (χ1v) is 4.16. The van der Waals surface area contributed by atoms with Gasteiger partial charge >= 0.3 is 0 Å². The second kappa shape index (κ2) is 6.38. The van der Waals surface area contributed by atoms with Crippen molar-refractivity contribution in [3.63, 3.8) is 0 Å². The Morgan fingerprint density at radius 1 is 1.55 bits per heavy atom. The summed E-state index contributed by atoms with van der Waals surface area (Å²) in [6.45, 7) is 8.16. The van der Waals surface area contributed by atoms with E-state index in [2.05, 4.69) is 6.58 Å². The van der Waals surface area contributed by atoms with Crippen molar-refractivity contribution < 1.29 is 9.84 Å². The molecular weight excluding hydrogens is 140 g/mol. The van der Waals surface area contributed by atoms with Crippen LogP contribution in [0.5, 0.6) is 0 Å². The average molecular weight is 158 g/mol. The number of aliphatic hydroxyl groups is 1. The van der Waals surface area contributed by atoms with E-state index in [1.807, 2.05) is 13.8 Å². The second-order valence-corrected chi connectivity index (χ2v) is 2.49. The van der Waals surface area contributed by atoms with Crippen LogP contribution in [0.1, 0.15) is 26.7 Å². The first kappa shape index (κ1) is 10.7. The second-order valence-electron chi connectivity index (χ2n) is 2.49. The van der Waals surface area contributed by atoms with Crippen LogP contribution in [0.2, 0.25) is 0 Å². The molecule has 0 saturated heterocycles. The fourth-order valence-corrected chi connectivity index (χ4v) is 1.04. The molecule has 0 aromatic rings. The molecule has 0 bridgehead atoms. The number of hydrogen-bond acceptors (Lipinski definition) is 2. The van der Waals surface area contributed by atoms with Crippen molar-refractivity contribution in [1.82, 2.24) is 0 Å². The highest BCUT2D eigenvalue weighted by molar-refractivity contribution is 4.77. The summed E-state index contributed by atoms with van der Waals surface area (Å²) in [5, 5.41) is 9.44. The molecule has 2 unspecified atom stereocenters. The van der Waals surface area contributed by atoms with E-state index in [1.54, 1.807) is 6.08 Å². The summed E-state index contributed by atoms with van der Waals surface area (Å²) < 4.78 is 5.31. The molecule has 0 radical (unpaired) electrons. The van der Waals surface area contributed by atoms with Crippen LogP contribution in [-0.2, 0) is 4.74 Å². The minimum Gasteiger partial charge on any atom is -0.390 e. The molecule has 11 heavy (non-hydrogen) atoms. The largest absolute Gasteiger partial charge is 0.390 e. The number of aliphatic hydroxyl groups excluding tert-OH is 1. The number of ether oxygens (including phenoxy) is 1. The van der Waals surface area contributed by atoms with Crippen molar-refractivity contribution in [3.05, 3.63) is 12.7 Å². The van der Waals surface area contributed by atoms with E-state index in [-0.39, 0.29) is 6.10 Å². The van der Waals surface area contributed by atoms with Gasteiger partial charge in [0, 0.05) is 6.61 Å². The zero-order valence-corrected chi connectivity index (χ0v) is 7.42. The monoisotopic (exact) mass is 158 g/mol. The van der Waals surface area contributed by atoms with Gasteiger partial charge in [0.25, 0.3) is 0 Å². The Bertz CT molecular complexity index is 102. The average Bonchev–Trinajstić information content (AvgIpc) is 2.00. The predicted octanol–water partition coefficient (Wildman–Crippen LogP) is 1.74. The molecule has 2 heteroatoms. The molecular formula is C9H18O2. The van der Waals surface area contributed by atoms with Gasteiger partial charge in [-0.2, -0.15) is 0 Å². The molecule has 0 rings (SSSR count). The van der Waals surface area contributed by atoms with Gasteiger partial charge in [0.2, 0.25) is 0 Å². The zero-order chi connectivity index (χ0) is 8.69. The van der Waals surface area contributed by atoms with Gasteiger partial charge in [-0.1, -0.05) is 13.0 Å². The molecule has 2 nitrogen and oxygen atoms in total. The van der Waals surface area contributed by atoms with Crippen molar-refractivity contribution >= 4 is 0 Å². The van der Waals surface area contributed by atoms with E-state index in [9.17, 15) is 5.11 Å². The first-order chi connectivity index (χ1) is 5.26. The summed E-state index contributed by atoms with van der Waals surface area (Å²) in [5.74, 6) is 0. The third-order valence-electron chi connectivity index (χ3n) is 1.62. The van der Waals surface area contributed by atoms with Crippen LogP contribution in [0.3, 0.4) is 0 Å². The summed E-state index contributed by atoms with van der Waals surface area (Å²) >= 11 is 0. The van der Waals surface area contributed by atoms with Gasteiger partial charge in [0.05, 0.1) is 12.2 Å². The van der Waals surface area contributed by atoms with Crippen LogP contribution < -0.4 is 0 Å². The van der Waals surface area contributed by atoms with Crippen LogP contribution in [0.15, 0.2) is 12.7 Å². The third-order valence-corrected chi connectivity index (χ3v) is 1.62. The lowest BCUT2D eigenvalue weighted by Gasteiger charge is -2.19. The molecule has 0 aliphatic rings. The number of rotatable bonds is 6. The van der Waals surface area contributed by atoms with Crippen LogP contribution >= 0.6 is 0 Å². The lowest BCUT2D eigenvalue weighted by molar-refractivity contribution is -0.0323.